The first kappa shape index (κ1) is 13.2. The summed E-state index contributed by atoms with van der Waals surface area (Å²) < 4.78 is 6.80. The molecule has 3 N–H and O–H groups in total. The van der Waals surface area contributed by atoms with Gasteiger partial charge in [0.2, 0.25) is 5.91 Å². The van der Waals surface area contributed by atoms with E-state index in [9.17, 15) is 4.79 Å². The molecule has 2 aromatic rings. The lowest BCUT2D eigenvalue weighted by atomic mass is 10.1. The Bertz CT molecular complexity index is 518. The van der Waals surface area contributed by atoms with Crippen LogP contribution in [0.3, 0.4) is 0 Å². The van der Waals surface area contributed by atoms with Gasteiger partial charge in [0.25, 0.3) is 0 Å². The van der Waals surface area contributed by atoms with Crippen LogP contribution in [0.5, 0.6) is 0 Å². The van der Waals surface area contributed by atoms with Crippen molar-refractivity contribution in [3.05, 3.63) is 36.5 Å². The predicted octanol–water partition coefficient (Wildman–Crippen LogP) is 1.39. The van der Waals surface area contributed by atoms with Crippen LogP contribution in [0.1, 0.15) is 19.1 Å². The molecule has 0 saturated heterocycles. The normalized spacial score (nSPS) is 12.3. The number of furan rings is 1. The lowest BCUT2D eigenvalue weighted by molar-refractivity contribution is -0.118. The van der Waals surface area contributed by atoms with Crippen LogP contribution in [0.2, 0.25) is 0 Å². The molecule has 0 radical (unpaired) electrons. The average molecular weight is 262 g/mol. The number of aryl methyl sites for hydroxylation is 1. The van der Waals surface area contributed by atoms with Crippen molar-refractivity contribution >= 4 is 11.6 Å². The number of nitrogens with one attached hydrogen (secondary N) is 1. The lowest BCUT2D eigenvalue weighted by Crippen LogP contribution is -2.19. The highest BCUT2D eigenvalue weighted by molar-refractivity contribution is 5.73. The molecule has 0 bridgehead atoms. The van der Waals surface area contributed by atoms with E-state index >= 15 is 0 Å². The summed E-state index contributed by atoms with van der Waals surface area (Å²) in [5.41, 5.74) is 5.99. The minimum atomic E-state index is -0.402. The molecule has 1 atom stereocenters. The summed E-state index contributed by atoms with van der Waals surface area (Å²) in [6.07, 6.45) is 6.98. The Kier molecular flexibility index (Phi) is 4.22. The molecule has 2 aromatic heterocycles. The molecule has 1 amide bonds. The number of anilines is 1. The van der Waals surface area contributed by atoms with E-state index in [1.54, 1.807) is 18.7 Å². The third-order valence-electron chi connectivity index (χ3n) is 2.77. The molecule has 2 heterocycles. The van der Waals surface area contributed by atoms with Gasteiger partial charge < -0.3 is 15.5 Å². The Morgan fingerprint density at radius 3 is 3.16 bits per heavy atom. The second-order valence-electron chi connectivity index (χ2n) is 4.56. The van der Waals surface area contributed by atoms with Gasteiger partial charge in [0.1, 0.15) is 12.3 Å². The molecule has 0 aromatic carbocycles. The molecule has 0 aliphatic heterocycles. The van der Waals surface area contributed by atoms with Gasteiger partial charge in [-0.05, 0) is 25.5 Å². The highest BCUT2D eigenvalue weighted by Gasteiger charge is 2.06. The third-order valence-corrected chi connectivity index (χ3v) is 2.77. The second-order valence-corrected chi connectivity index (χ2v) is 4.56. The maximum Gasteiger partial charge on any atom is 0.239 e. The Labute approximate surface area is 111 Å². The molecule has 102 valence electrons. The molecule has 0 saturated carbocycles. The highest BCUT2D eigenvalue weighted by atomic mass is 16.3. The zero-order valence-corrected chi connectivity index (χ0v) is 10.9. The van der Waals surface area contributed by atoms with E-state index in [4.69, 9.17) is 10.2 Å². The first-order chi connectivity index (χ1) is 9.13. The van der Waals surface area contributed by atoms with E-state index < -0.39 is 5.91 Å². The van der Waals surface area contributed by atoms with Gasteiger partial charge in [-0.15, -0.1) is 0 Å². The van der Waals surface area contributed by atoms with E-state index in [2.05, 4.69) is 17.3 Å². The smallest absolute Gasteiger partial charge is 0.239 e. The maximum atomic E-state index is 10.8. The number of hydrogen-bond acceptors (Lipinski definition) is 4. The average Bonchev–Trinajstić information content (AvgIpc) is 2.97. The summed E-state index contributed by atoms with van der Waals surface area (Å²) in [5.74, 6) is 0.582. The number of aromatic nitrogens is 2. The van der Waals surface area contributed by atoms with Gasteiger partial charge >= 0.3 is 0 Å². The molecule has 19 heavy (non-hydrogen) atoms. The van der Waals surface area contributed by atoms with Crippen LogP contribution in [-0.2, 0) is 17.8 Å². The number of carbonyl (C=O) groups excluding carboxylic acids is 1. The van der Waals surface area contributed by atoms with Gasteiger partial charge in [-0.1, -0.05) is 0 Å². The Morgan fingerprint density at radius 1 is 1.63 bits per heavy atom. The summed E-state index contributed by atoms with van der Waals surface area (Å²) >= 11 is 0. The molecule has 0 fully saturated rings. The molecular weight excluding hydrogens is 244 g/mol. The topological polar surface area (TPSA) is 86.1 Å². The van der Waals surface area contributed by atoms with Gasteiger partial charge in [-0.25, -0.2) is 0 Å². The number of carbonyl (C=O) groups is 1. The maximum absolute atomic E-state index is 10.8. The van der Waals surface area contributed by atoms with Gasteiger partial charge in [-0.2, -0.15) is 5.10 Å². The first-order valence-corrected chi connectivity index (χ1v) is 6.23. The molecule has 0 aliphatic rings. The van der Waals surface area contributed by atoms with E-state index in [1.807, 2.05) is 12.1 Å². The van der Waals surface area contributed by atoms with Crippen LogP contribution in [-0.4, -0.2) is 21.7 Å². The van der Waals surface area contributed by atoms with Crippen molar-refractivity contribution in [2.45, 2.75) is 32.4 Å². The van der Waals surface area contributed by atoms with Crippen molar-refractivity contribution in [1.29, 1.82) is 0 Å². The minimum absolute atomic E-state index is 0.0997. The molecule has 6 nitrogen and oxygen atoms in total. The van der Waals surface area contributed by atoms with Crippen molar-refractivity contribution in [3.8, 4) is 0 Å². The van der Waals surface area contributed by atoms with Gasteiger partial charge in [0.15, 0.2) is 0 Å². The molecule has 1 unspecified atom stereocenters. The number of hydrogen-bond donors (Lipinski definition) is 2. The Morgan fingerprint density at radius 2 is 2.47 bits per heavy atom. The monoisotopic (exact) mass is 262 g/mol. The highest BCUT2D eigenvalue weighted by Crippen LogP contribution is 2.11. The van der Waals surface area contributed by atoms with Crippen molar-refractivity contribution in [1.82, 2.24) is 9.78 Å². The van der Waals surface area contributed by atoms with Crippen LogP contribution >= 0.6 is 0 Å². The summed E-state index contributed by atoms with van der Waals surface area (Å²) in [6, 6.07) is 4.15. The number of nitrogens with two attached hydrogens (primary N) is 1. The van der Waals surface area contributed by atoms with Crippen molar-refractivity contribution in [2.75, 3.05) is 5.32 Å². The summed E-state index contributed by atoms with van der Waals surface area (Å²) in [7, 11) is 0. The fourth-order valence-electron chi connectivity index (χ4n) is 1.85. The number of rotatable bonds is 7. The fraction of sp³-hybridized carbons (Fsp3) is 0.385. The quantitative estimate of drug-likeness (QED) is 0.789. The minimum Gasteiger partial charge on any atom is -0.469 e. The van der Waals surface area contributed by atoms with Crippen LogP contribution in [0, 0.1) is 0 Å². The number of nitrogens with zero attached hydrogens (tertiary/aromatic N) is 2. The molecular formula is C13H18N4O2. The van der Waals surface area contributed by atoms with Gasteiger partial charge in [-0.3, -0.25) is 9.48 Å². The molecule has 6 heteroatoms. The van der Waals surface area contributed by atoms with E-state index in [0.29, 0.717) is 0 Å². The largest absolute Gasteiger partial charge is 0.469 e. The molecule has 0 spiro atoms. The zero-order valence-electron chi connectivity index (χ0n) is 10.9. The zero-order chi connectivity index (χ0) is 13.7. The predicted molar refractivity (Wildman–Crippen MR) is 71.5 cm³/mol. The van der Waals surface area contributed by atoms with Crippen molar-refractivity contribution in [3.63, 3.8) is 0 Å². The van der Waals surface area contributed by atoms with Crippen LogP contribution < -0.4 is 11.1 Å². The number of primary amides is 1. The van der Waals surface area contributed by atoms with E-state index in [-0.39, 0.29) is 12.6 Å². The number of amides is 1. The van der Waals surface area contributed by atoms with Crippen molar-refractivity contribution in [2.24, 2.45) is 5.73 Å². The summed E-state index contributed by atoms with van der Waals surface area (Å²) in [4.78, 5) is 10.8. The van der Waals surface area contributed by atoms with Gasteiger partial charge in [0.05, 0.1) is 18.1 Å². The Hall–Kier alpha value is -2.24. The van der Waals surface area contributed by atoms with Crippen LogP contribution in [0.4, 0.5) is 5.69 Å². The molecule has 2 rings (SSSR count). The standard InChI is InChI=1S/C13H18N4O2/c1-10(4-5-12-3-2-6-19-12)16-11-7-15-17(8-11)9-13(14)18/h2-3,6-8,10,16H,4-5,9H2,1H3,(H2,14,18). The third kappa shape index (κ3) is 4.17. The lowest BCUT2D eigenvalue weighted by Gasteiger charge is -2.12. The summed E-state index contributed by atoms with van der Waals surface area (Å²) in [6.45, 7) is 2.19. The molecule has 0 aliphatic carbocycles. The van der Waals surface area contributed by atoms with Gasteiger partial charge in [0, 0.05) is 18.7 Å². The summed E-state index contributed by atoms with van der Waals surface area (Å²) in [5, 5.41) is 7.38. The Balaban J connectivity index is 1.79. The van der Waals surface area contributed by atoms with Crippen LogP contribution in [0.25, 0.3) is 0 Å². The SMILES string of the molecule is CC(CCc1ccco1)Nc1cnn(CC(N)=O)c1. The second kappa shape index (κ2) is 6.08. The van der Waals surface area contributed by atoms with E-state index in [1.165, 1.54) is 4.68 Å². The van der Waals surface area contributed by atoms with E-state index in [0.717, 1.165) is 24.3 Å². The van der Waals surface area contributed by atoms with Crippen LogP contribution in [0.15, 0.2) is 35.2 Å². The van der Waals surface area contributed by atoms with Crippen molar-refractivity contribution < 1.29 is 9.21 Å². The first-order valence-electron chi connectivity index (χ1n) is 6.23. The fourth-order valence-corrected chi connectivity index (χ4v) is 1.85.